The Balaban J connectivity index is 1.59. The van der Waals surface area contributed by atoms with E-state index in [1.54, 1.807) is 24.3 Å². The Morgan fingerprint density at radius 1 is 1.09 bits per heavy atom. The molecule has 4 rings (SSSR count). The summed E-state index contributed by atoms with van der Waals surface area (Å²) in [7, 11) is 1.52. The zero-order valence-electron chi connectivity index (χ0n) is 17.8. The predicted molar refractivity (Wildman–Crippen MR) is 140 cm³/mol. The van der Waals surface area contributed by atoms with E-state index >= 15 is 0 Å². The van der Waals surface area contributed by atoms with Crippen molar-refractivity contribution >= 4 is 69.1 Å². The number of furan rings is 1. The molecule has 0 atom stereocenters. The lowest BCUT2D eigenvalue weighted by Crippen LogP contribution is -2.53. The number of carbonyl (C=O) groups is 3. The van der Waals surface area contributed by atoms with Crippen LogP contribution in [-0.4, -0.2) is 29.9 Å². The number of methoxy groups -OCH3 is 1. The fourth-order valence-electron chi connectivity index (χ4n) is 3.26. The Bertz CT molecular complexity index is 1270. The highest BCUT2D eigenvalue weighted by atomic mass is 127. The van der Waals surface area contributed by atoms with Gasteiger partial charge in [0.1, 0.15) is 17.9 Å². The molecule has 1 N–H and O–H groups in total. The molecule has 34 heavy (non-hydrogen) atoms. The van der Waals surface area contributed by atoms with E-state index in [-0.39, 0.29) is 12.1 Å². The number of barbiturate groups is 1. The predicted octanol–water partition coefficient (Wildman–Crippen LogP) is 4.74. The van der Waals surface area contributed by atoms with Crippen LogP contribution in [-0.2, 0) is 22.7 Å². The molecule has 0 unspecified atom stereocenters. The van der Waals surface area contributed by atoms with Gasteiger partial charge in [-0.05, 0) is 98.8 Å². The second-order valence-electron chi connectivity index (χ2n) is 7.24. The molecule has 1 fully saturated rings. The minimum Gasteiger partial charge on any atom is -0.493 e. The normalized spacial score (nSPS) is 15.0. The Morgan fingerprint density at radius 2 is 1.85 bits per heavy atom. The van der Waals surface area contributed by atoms with E-state index in [2.05, 4.69) is 50.5 Å². The summed E-state index contributed by atoms with van der Waals surface area (Å²) in [5.74, 6) is -0.0470. The number of nitrogens with one attached hydrogen (secondary N) is 1. The van der Waals surface area contributed by atoms with Gasteiger partial charge in [0.05, 0.1) is 23.5 Å². The maximum absolute atomic E-state index is 12.9. The second-order valence-corrected chi connectivity index (χ2v) is 9.65. The van der Waals surface area contributed by atoms with Gasteiger partial charge < -0.3 is 13.9 Å². The van der Waals surface area contributed by atoms with E-state index in [1.807, 2.05) is 24.3 Å². The topological polar surface area (TPSA) is 98.1 Å². The third-order valence-electron chi connectivity index (χ3n) is 4.94. The third-order valence-corrected chi connectivity index (χ3v) is 6.46. The van der Waals surface area contributed by atoms with Crippen molar-refractivity contribution in [1.29, 1.82) is 0 Å². The van der Waals surface area contributed by atoms with Gasteiger partial charge in [-0.3, -0.25) is 19.8 Å². The minimum atomic E-state index is -0.796. The first kappa shape index (κ1) is 24.3. The van der Waals surface area contributed by atoms with Crippen LogP contribution in [0.5, 0.6) is 11.5 Å². The monoisotopic (exact) mass is 684 g/mol. The van der Waals surface area contributed by atoms with Crippen LogP contribution in [0.2, 0.25) is 0 Å². The fourth-order valence-corrected chi connectivity index (χ4v) is 4.40. The Hall–Kier alpha value is -2.87. The van der Waals surface area contributed by atoms with Gasteiger partial charge in [-0.15, -0.1) is 0 Å². The van der Waals surface area contributed by atoms with Crippen molar-refractivity contribution in [3.63, 3.8) is 0 Å². The molecule has 3 aromatic rings. The van der Waals surface area contributed by atoms with E-state index in [1.165, 1.54) is 19.4 Å². The van der Waals surface area contributed by atoms with E-state index in [0.29, 0.717) is 29.4 Å². The molecule has 2 aromatic carbocycles. The molecule has 0 aliphatic carbocycles. The molecule has 8 nitrogen and oxygen atoms in total. The molecule has 2 heterocycles. The number of hydrogen-bond donors (Lipinski definition) is 1. The van der Waals surface area contributed by atoms with Crippen LogP contribution in [0.3, 0.4) is 0 Å². The van der Waals surface area contributed by atoms with E-state index in [4.69, 9.17) is 13.9 Å². The Labute approximate surface area is 222 Å². The summed E-state index contributed by atoms with van der Waals surface area (Å²) in [5.41, 5.74) is 1.39. The van der Waals surface area contributed by atoms with Gasteiger partial charge in [0.15, 0.2) is 11.5 Å². The number of benzene rings is 2. The number of ether oxygens (including phenoxy) is 2. The molecule has 1 aliphatic heterocycles. The molecular formula is C24H18I2N2O6. The maximum atomic E-state index is 12.9. The number of rotatable bonds is 7. The van der Waals surface area contributed by atoms with Crippen LogP contribution >= 0.6 is 45.2 Å². The first-order valence-corrected chi connectivity index (χ1v) is 12.2. The van der Waals surface area contributed by atoms with Gasteiger partial charge in [-0.25, -0.2) is 4.79 Å². The number of nitrogens with zero attached hydrogens (tertiary/aromatic N) is 1. The van der Waals surface area contributed by atoms with Crippen molar-refractivity contribution in [3.05, 3.63) is 84.4 Å². The van der Waals surface area contributed by atoms with Gasteiger partial charge in [-0.2, -0.15) is 0 Å². The van der Waals surface area contributed by atoms with Crippen LogP contribution < -0.4 is 14.8 Å². The van der Waals surface area contributed by atoms with Crippen LogP contribution in [0.15, 0.2) is 64.8 Å². The van der Waals surface area contributed by atoms with E-state index < -0.39 is 17.8 Å². The molecule has 1 saturated heterocycles. The number of amides is 4. The number of urea groups is 1. The van der Waals surface area contributed by atoms with Crippen molar-refractivity contribution in [2.24, 2.45) is 0 Å². The Morgan fingerprint density at radius 3 is 2.53 bits per heavy atom. The molecule has 0 spiro atoms. The van der Waals surface area contributed by atoms with Gasteiger partial charge >= 0.3 is 6.03 Å². The number of hydrogen-bond acceptors (Lipinski definition) is 6. The van der Waals surface area contributed by atoms with Gasteiger partial charge in [-0.1, -0.05) is 12.1 Å². The fraction of sp³-hybridized carbons (Fsp3) is 0.125. The largest absolute Gasteiger partial charge is 0.493 e. The van der Waals surface area contributed by atoms with E-state index in [9.17, 15) is 14.4 Å². The second kappa shape index (κ2) is 10.6. The highest BCUT2D eigenvalue weighted by Crippen LogP contribution is 2.35. The van der Waals surface area contributed by atoms with Crippen molar-refractivity contribution < 1.29 is 28.3 Å². The molecule has 4 amide bonds. The number of imide groups is 2. The van der Waals surface area contributed by atoms with Crippen LogP contribution in [0.1, 0.15) is 16.9 Å². The lowest BCUT2D eigenvalue weighted by Gasteiger charge is -2.25. The maximum Gasteiger partial charge on any atom is 0.331 e. The summed E-state index contributed by atoms with van der Waals surface area (Å²) < 4.78 is 18.6. The molecule has 10 heteroatoms. The summed E-state index contributed by atoms with van der Waals surface area (Å²) in [6.07, 6.45) is 2.87. The summed E-state index contributed by atoms with van der Waals surface area (Å²) in [5, 5.41) is 2.20. The standard InChI is InChI=1S/C24H18I2N2O6/c1-32-20-11-15(10-19(26)21(20)34-13-14-4-6-16(25)7-5-14)9-18-22(29)27-24(31)28(23(18)30)12-17-3-2-8-33-17/h2-11H,12-13H2,1H3,(H,27,29,31)/b18-9+. The molecule has 1 aliphatic rings. The average Bonchev–Trinajstić information content (AvgIpc) is 3.33. The zero-order valence-corrected chi connectivity index (χ0v) is 22.2. The summed E-state index contributed by atoms with van der Waals surface area (Å²) in [4.78, 5) is 38.5. The van der Waals surface area contributed by atoms with Crippen molar-refractivity contribution in [3.8, 4) is 11.5 Å². The molecule has 1 aromatic heterocycles. The first-order chi connectivity index (χ1) is 16.4. The van der Waals surface area contributed by atoms with Crippen LogP contribution in [0.25, 0.3) is 6.08 Å². The summed E-state index contributed by atoms with van der Waals surface area (Å²) in [6, 6.07) is 13.9. The van der Waals surface area contributed by atoms with Crippen LogP contribution in [0.4, 0.5) is 4.79 Å². The van der Waals surface area contributed by atoms with Crippen molar-refractivity contribution in [1.82, 2.24) is 10.2 Å². The van der Waals surface area contributed by atoms with Gasteiger partial charge in [0.2, 0.25) is 0 Å². The van der Waals surface area contributed by atoms with Gasteiger partial charge in [0, 0.05) is 3.57 Å². The smallest absolute Gasteiger partial charge is 0.331 e. The number of halogens is 2. The van der Waals surface area contributed by atoms with Crippen molar-refractivity contribution in [2.45, 2.75) is 13.2 Å². The SMILES string of the molecule is COc1cc(/C=C2\C(=O)NC(=O)N(Cc3ccco3)C2=O)cc(I)c1OCc1ccc(I)cc1. The lowest BCUT2D eigenvalue weighted by atomic mass is 10.1. The Kier molecular flexibility index (Phi) is 7.56. The molecule has 0 radical (unpaired) electrons. The lowest BCUT2D eigenvalue weighted by molar-refractivity contribution is -0.130. The molecule has 174 valence electrons. The summed E-state index contributed by atoms with van der Waals surface area (Å²) in [6.45, 7) is 0.267. The van der Waals surface area contributed by atoms with Crippen molar-refractivity contribution in [2.75, 3.05) is 7.11 Å². The third kappa shape index (κ3) is 5.43. The molecule has 0 saturated carbocycles. The molecular weight excluding hydrogens is 666 g/mol. The number of carbonyl (C=O) groups excluding carboxylic acids is 3. The average molecular weight is 684 g/mol. The quantitative estimate of drug-likeness (QED) is 0.220. The molecule has 0 bridgehead atoms. The zero-order chi connectivity index (χ0) is 24.2. The van der Waals surface area contributed by atoms with E-state index in [0.717, 1.165) is 17.6 Å². The highest BCUT2D eigenvalue weighted by molar-refractivity contribution is 14.1. The highest BCUT2D eigenvalue weighted by Gasteiger charge is 2.36. The first-order valence-electron chi connectivity index (χ1n) is 10.0. The minimum absolute atomic E-state index is 0.0888. The van der Waals surface area contributed by atoms with Crippen LogP contribution in [0, 0.1) is 7.14 Å². The summed E-state index contributed by atoms with van der Waals surface area (Å²) >= 11 is 4.35. The van der Waals surface area contributed by atoms with Gasteiger partial charge in [0.25, 0.3) is 11.8 Å².